The number of hydrogen-bond acceptors (Lipinski definition) is 3. The van der Waals surface area contributed by atoms with Crippen molar-refractivity contribution in [3.8, 4) is 5.75 Å². The highest BCUT2D eigenvalue weighted by Gasteiger charge is 2.25. The number of halogens is 1. The van der Waals surface area contributed by atoms with Crippen LogP contribution in [0.3, 0.4) is 0 Å². The molecule has 1 saturated carbocycles. The van der Waals surface area contributed by atoms with Gasteiger partial charge in [0, 0.05) is 18.2 Å². The molecule has 1 amide bonds. The van der Waals surface area contributed by atoms with E-state index in [4.69, 9.17) is 11.6 Å². The Morgan fingerprint density at radius 3 is 2.65 bits per heavy atom. The van der Waals surface area contributed by atoms with Crippen molar-refractivity contribution in [2.45, 2.75) is 25.7 Å². The molecule has 1 fully saturated rings. The Hall–Kier alpha value is -1.26. The molecule has 5 heteroatoms. The third-order valence-corrected chi connectivity index (χ3v) is 4.27. The van der Waals surface area contributed by atoms with Gasteiger partial charge in [-0.2, -0.15) is 0 Å². The van der Waals surface area contributed by atoms with Crippen LogP contribution in [0.15, 0.2) is 18.2 Å². The topological polar surface area (TPSA) is 69.6 Å². The van der Waals surface area contributed by atoms with E-state index >= 15 is 0 Å². The van der Waals surface area contributed by atoms with Crippen LogP contribution < -0.4 is 5.32 Å². The molecule has 2 unspecified atom stereocenters. The lowest BCUT2D eigenvalue weighted by Gasteiger charge is -2.30. The smallest absolute Gasteiger partial charge is 0.255 e. The van der Waals surface area contributed by atoms with E-state index in [-0.39, 0.29) is 29.7 Å². The van der Waals surface area contributed by atoms with Crippen LogP contribution in [0.5, 0.6) is 5.75 Å². The van der Waals surface area contributed by atoms with Crippen molar-refractivity contribution in [3.63, 3.8) is 0 Å². The summed E-state index contributed by atoms with van der Waals surface area (Å²) in [5.41, 5.74) is 0.228. The van der Waals surface area contributed by atoms with Crippen LogP contribution in [-0.2, 0) is 0 Å². The second-order valence-corrected chi connectivity index (χ2v) is 5.80. The first-order chi connectivity index (χ1) is 9.61. The summed E-state index contributed by atoms with van der Waals surface area (Å²) >= 11 is 5.74. The Morgan fingerprint density at radius 2 is 2.00 bits per heavy atom. The normalized spacial score (nSPS) is 22.5. The predicted octanol–water partition coefficient (Wildman–Crippen LogP) is 2.57. The summed E-state index contributed by atoms with van der Waals surface area (Å²) in [5, 5.41) is 22.3. The Balaban J connectivity index is 1.94. The maximum absolute atomic E-state index is 12.0. The van der Waals surface area contributed by atoms with Gasteiger partial charge in [0.05, 0.1) is 5.56 Å². The average molecular weight is 298 g/mol. The van der Waals surface area contributed by atoms with E-state index in [1.165, 1.54) is 12.1 Å². The third kappa shape index (κ3) is 3.64. The molecule has 0 aromatic heterocycles. The van der Waals surface area contributed by atoms with Crippen LogP contribution >= 0.6 is 11.6 Å². The maximum atomic E-state index is 12.0. The van der Waals surface area contributed by atoms with Crippen LogP contribution in [0, 0.1) is 11.8 Å². The van der Waals surface area contributed by atoms with E-state index in [0.29, 0.717) is 17.5 Å². The molecule has 0 bridgehead atoms. The molecule has 0 radical (unpaired) electrons. The van der Waals surface area contributed by atoms with E-state index in [0.717, 1.165) is 25.7 Å². The van der Waals surface area contributed by atoms with Gasteiger partial charge < -0.3 is 15.5 Å². The standard InChI is InChI=1S/C15H20ClNO3/c16-12-5-6-13(14(19)7-12)15(20)17-8-10-3-1-2-4-11(10)9-18/h5-7,10-11,18-19H,1-4,8-9H2,(H,17,20). The largest absolute Gasteiger partial charge is 0.507 e. The van der Waals surface area contributed by atoms with Gasteiger partial charge in [0.25, 0.3) is 5.91 Å². The molecule has 0 heterocycles. The number of carbonyl (C=O) groups excluding carboxylic acids is 1. The summed E-state index contributed by atoms with van der Waals surface area (Å²) in [7, 11) is 0. The molecule has 1 aliphatic carbocycles. The molecule has 0 spiro atoms. The average Bonchev–Trinajstić information content (AvgIpc) is 2.45. The fraction of sp³-hybridized carbons (Fsp3) is 0.533. The number of hydrogen-bond donors (Lipinski definition) is 3. The Kier molecular flexibility index (Phi) is 5.26. The van der Waals surface area contributed by atoms with Gasteiger partial charge in [0.2, 0.25) is 0 Å². The number of phenolic OH excluding ortho intramolecular Hbond substituents is 1. The molecule has 0 aliphatic heterocycles. The number of nitrogens with one attached hydrogen (secondary N) is 1. The highest BCUT2D eigenvalue weighted by atomic mass is 35.5. The van der Waals surface area contributed by atoms with Gasteiger partial charge in [-0.15, -0.1) is 0 Å². The van der Waals surface area contributed by atoms with Gasteiger partial charge in [-0.05, 0) is 42.9 Å². The minimum absolute atomic E-state index is 0.114. The summed E-state index contributed by atoms with van der Waals surface area (Å²) in [4.78, 5) is 12.0. The molecule has 1 aromatic rings. The molecule has 0 saturated heterocycles. The van der Waals surface area contributed by atoms with Crippen LogP contribution in [0.25, 0.3) is 0 Å². The number of aliphatic hydroxyl groups excluding tert-OH is 1. The number of amides is 1. The fourth-order valence-electron chi connectivity index (χ4n) is 2.81. The van der Waals surface area contributed by atoms with E-state index in [1.807, 2.05) is 0 Å². The number of rotatable bonds is 4. The molecule has 1 aliphatic rings. The SMILES string of the molecule is O=C(NCC1CCCCC1CO)c1ccc(Cl)cc1O. The molecule has 20 heavy (non-hydrogen) atoms. The number of carbonyl (C=O) groups is 1. The van der Waals surface area contributed by atoms with E-state index in [9.17, 15) is 15.0 Å². The molecular formula is C15H20ClNO3. The zero-order valence-electron chi connectivity index (χ0n) is 11.3. The lowest BCUT2D eigenvalue weighted by Crippen LogP contribution is -2.35. The van der Waals surface area contributed by atoms with E-state index in [1.54, 1.807) is 6.07 Å². The molecular weight excluding hydrogens is 278 g/mol. The van der Waals surface area contributed by atoms with E-state index in [2.05, 4.69) is 5.32 Å². The summed E-state index contributed by atoms with van der Waals surface area (Å²) in [6.07, 6.45) is 4.33. The molecule has 110 valence electrons. The zero-order valence-corrected chi connectivity index (χ0v) is 12.1. The van der Waals surface area contributed by atoms with Crippen molar-refractivity contribution < 1.29 is 15.0 Å². The highest BCUT2D eigenvalue weighted by Crippen LogP contribution is 2.29. The summed E-state index contributed by atoms with van der Waals surface area (Å²) in [5.74, 6) is 0.161. The minimum Gasteiger partial charge on any atom is -0.507 e. The Morgan fingerprint density at radius 1 is 1.30 bits per heavy atom. The molecule has 2 rings (SSSR count). The van der Waals surface area contributed by atoms with Gasteiger partial charge in [-0.1, -0.05) is 24.4 Å². The quantitative estimate of drug-likeness (QED) is 0.800. The summed E-state index contributed by atoms with van der Waals surface area (Å²) in [6.45, 7) is 0.707. The highest BCUT2D eigenvalue weighted by molar-refractivity contribution is 6.30. The van der Waals surface area contributed by atoms with Crippen molar-refractivity contribution in [2.75, 3.05) is 13.2 Å². The van der Waals surface area contributed by atoms with Gasteiger partial charge in [-0.25, -0.2) is 0 Å². The van der Waals surface area contributed by atoms with Crippen molar-refractivity contribution >= 4 is 17.5 Å². The summed E-state index contributed by atoms with van der Waals surface area (Å²) in [6, 6.07) is 4.44. The van der Waals surface area contributed by atoms with Crippen molar-refractivity contribution in [1.82, 2.24) is 5.32 Å². The lowest BCUT2D eigenvalue weighted by molar-refractivity contribution is 0.0907. The van der Waals surface area contributed by atoms with E-state index < -0.39 is 0 Å². The minimum atomic E-state index is -0.304. The van der Waals surface area contributed by atoms with Gasteiger partial charge in [0.15, 0.2) is 0 Å². The van der Waals surface area contributed by atoms with Gasteiger partial charge in [0.1, 0.15) is 5.75 Å². The second kappa shape index (κ2) is 6.95. The van der Waals surface area contributed by atoms with Gasteiger partial charge in [-0.3, -0.25) is 4.79 Å². The second-order valence-electron chi connectivity index (χ2n) is 5.36. The molecule has 2 atom stereocenters. The van der Waals surface area contributed by atoms with Crippen molar-refractivity contribution in [2.24, 2.45) is 11.8 Å². The third-order valence-electron chi connectivity index (χ3n) is 4.03. The van der Waals surface area contributed by atoms with Crippen LogP contribution in [0.1, 0.15) is 36.0 Å². The Labute approximate surface area is 123 Å². The van der Waals surface area contributed by atoms with Crippen molar-refractivity contribution in [3.05, 3.63) is 28.8 Å². The first-order valence-corrected chi connectivity index (χ1v) is 7.37. The zero-order chi connectivity index (χ0) is 14.5. The fourth-order valence-corrected chi connectivity index (χ4v) is 2.98. The first-order valence-electron chi connectivity index (χ1n) is 6.99. The van der Waals surface area contributed by atoms with Crippen LogP contribution in [0.4, 0.5) is 0 Å². The molecule has 3 N–H and O–H groups in total. The lowest BCUT2D eigenvalue weighted by atomic mass is 9.79. The number of phenols is 1. The van der Waals surface area contributed by atoms with Crippen molar-refractivity contribution in [1.29, 1.82) is 0 Å². The van der Waals surface area contributed by atoms with Gasteiger partial charge >= 0.3 is 0 Å². The molecule has 1 aromatic carbocycles. The molecule has 4 nitrogen and oxygen atoms in total. The first kappa shape index (κ1) is 15.1. The monoisotopic (exact) mass is 297 g/mol. The van der Waals surface area contributed by atoms with Crippen LogP contribution in [0.2, 0.25) is 5.02 Å². The maximum Gasteiger partial charge on any atom is 0.255 e. The number of benzene rings is 1. The van der Waals surface area contributed by atoms with Crippen LogP contribution in [-0.4, -0.2) is 29.3 Å². The predicted molar refractivity (Wildman–Crippen MR) is 78.0 cm³/mol. The number of aliphatic hydroxyl groups is 1. The Bertz CT molecular complexity index is 478. The summed E-state index contributed by atoms with van der Waals surface area (Å²) < 4.78 is 0. The number of aromatic hydroxyl groups is 1.